The van der Waals surface area contributed by atoms with Crippen molar-refractivity contribution in [1.82, 2.24) is 34.0 Å². The van der Waals surface area contributed by atoms with Gasteiger partial charge >= 0.3 is 0 Å². The van der Waals surface area contributed by atoms with Crippen LogP contribution in [0.3, 0.4) is 0 Å². The summed E-state index contributed by atoms with van der Waals surface area (Å²) in [6.07, 6.45) is 9.93. The van der Waals surface area contributed by atoms with Crippen molar-refractivity contribution < 1.29 is 6.16 Å². The van der Waals surface area contributed by atoms with Crippen LogP contribution >= 0.6 is 0 Å². The third-order valence-electron chi connectivity index (χ3n) is 6.83. The number of hydrogen-bond acceptors (Lipinski definition) is 7. The highest BCUT2D eigenvalue weighted by molar-refractivity contribution is 5.85. The van der Waals surface area contributed by atoms with Gasteiger partial charge in [0.25, 0.3) is 0 Å². The Labute approximate surface area is 201 Å². The average Bonchev–Trinajstić information content (AvgIpc) is 3.38. The molecule has 1 aliphatic carbocycles. The third-order valence-corrected chi connectivity index (χ3v) is 6.83. The summed E-state index contributed by atoms with van der Waals surface area (Å²) in [5.74, 6) is 1.57. The second-order valence-electron chi connectivity index (χ2n) is 9.31. The van der Waals surface area contributed by atoms with Crippen LogP contribution in [0.1, 0.15) is 46.4 Å². The summed E-state index contributed by atoms with van der Waals surface area (Å²) in [5, 5.41) is 7.36. The number of aryl methyl sites for hydroxylation is 1. The van der Waals surface area contributed by atoms with Crippen molar-refractivity contribution >= 4 is 22.6 Å². The predicted molar refractivity (Wildman–Crippen MR) is 136 cm³/mol. The van der Waals surface area contributed by atoms with Crippen molar-refractivity contribution in [2.45, 2.75) is 52.1 Å². The van der Waals surface area contributed by atoms with E-state index in [0.717, 1.165) is 52.9 Å². The Hall–Kier alpha value is -3.04. The maximum atomic E-state index is 5.28. The van der Waals surface area contributed by atoms with Crippen LogP contribution in [0.25, 0.3) is 27.8 Å². The maximum Gasteiger partial charge on any atom is 0.240 e. The van der Waals surface area contributed by atoms with E-state index in [-0.39, 0.29) is 1.43 Å². The highest BCUT2D eigenvalue weighted by atomic mass is 16.5. The summed E-state index contributed by atoms with van der Waals surface area (Å²) < 4.78 is 9.31. The number of hydrogen-bond donors (Lipinski definition) is 1. The Balaban J connectivity index is 0.000000220. The van der Waals surface area contributed by atoms with Gasteiger partial charge in [0.1, 0.15) is 5.82 Å². The van der Waals surface area contributed by atoms with E-state index in [4.69, 9.17) is 4.74 Å². The van der Waals surface area contributed by atoms with Crippen molar-refractivity contribution in [1.29, 1.82) is 0 Å². The van der Waals surface area contributed by atoms with E-state index in [1.54, 1.807) is 7.05 Å². The molecule has 182 valence electrons. The number of imidazole rings is 1. The van der Waals surface area contributed by atoms with Gasteiger partial charge in [0, 0.05) is 57.2 Å². The molecule has 4 aromatic heterocycles. The Morgan fingerprint density at radius 3 is 2.59 bits per heavy atom. The molecule has 0 radical (unpaired) electrons. The first-order valence-electron chi connectivity index (χ1n) is 12.2. The SMILES string of the molecule is C1CC(N2CCOCC2)C1.CNc1ncc2c(-c3cnc4nc(C)n(C(C)C)c4c3)ccn2n1.[HH]. The van der Waals surface area contributed by atoms with Crippen LogP contribution in [0.4, 0.5) is 5.95 Å². The number of nitrogens with zero attached hydrogens (tertiary/aromatic N) is 7. The molecule has 34 heavy (non-hydrogen) atoms. The van der Waals surface area contributed by atoms with Crippen molar-refractivity contribution in [2.75, 3.05) is 38.7 Å². The molecule has 2 aliphatic rings. The van der Waals surface area contributed by atoms with Gasteiger partial charge < -0.3 is 14.6 Å². The first-order valence-corrected chi connectivity index (χ1v) is 12.2. The van der Waals surface area contributed by atoms with Crippen molar-refractivity contribution in [3.63, 3.8) is 0 Å². The van der Waals surface area contributed by atoms with Crippen molar-refractivity contribution in [3.05, 3.63) is 36.5 Å². The lowest BCUT2D eigenvalue weighted by atomic mass is 9.91. The van der Waals surface area contributed by atoms with E-state index in [1.165, 1.54) is 32.4 Å². The first-order chi connectivity index (χ1) is 16.5. The van der Waals surface area contributed by atoms with Crippen LogP contribution in [-0.2, 0) is 4.74 Å². The zero-order chi connectivity index (χ0) is 23.7. The van der Waals surface area contributed by atoms with E-state index >= 15 is 0 Å². The van der Waals surface area contributed by atoms with E-state index in [9.17, 15) is 0 Å². The molecule has 0 spiro atoms. The van der Waals surface area contributed by atoms with E-state index in [1.807, 2.05) is 36.1 Å². The predicted octanol–water partition coefficient (Wildman–Crippen LogP) is 4.19. The zero-order valence-electron chi connectivity index (χ0n) is 20.5. The van der Waals surface area contributed by atoms with Crippen molar-refractivity contribution in [2.24, 2.45) is 0 Å². The molecule has 4 aromatic rings. The smallest absolute Gasteiger partial charge is 0.240 e. The number of rotatable bonds is 4. The van der Waals surface area contributed by atoms with Gasteiger partial charge in [0.05, 0.1) is 30.4 Å². The number of anilines is 1. The number of aromatic nitrogens is 6. The minimum atomic E-state index is 0. The van der Waals surface area contributed by atoms with Crippen LogP contribution in [0.5, 0.6) is 0 Å². The monoisotopic (exact) mass is 464 g/mol. The molecule has 0 amide bonds. The second-order valence-corrected chi connectivity index (χ2v) is 9.31. The highest BCUT2D eigenvalue weighted by Gasteiger charge is 2.25. The van der Waals surface area contributed by atoms with Gasteiger partial charge in [-0.25, -0.2) is 19.5 Å². The van der Waals surface area contributed by atoms with Gasteiger partial charge in [-0.2, -0.15) is 0 Å². The quantitative estimate of drug-likeness (QED) is 0.485. The lowest BCUT2D eigenvalue weighted by Crippen LogP contribution is -2.46. The van der Waals surface area contributed by atoms with Crippen LogP contribution in [0.2, 0.25) is 0 Å². The van der Waals surface area contributed by atoms with Crippen molar-refractivity contribution in [3.8, 4) is 11.1 Å². The fourth-order valence-corrected chi connectivity index (χ4v) is 4.84. The highest BCUT2D eigenvalue weighted by Crippen LogP contribution is 2.29. The molecule has 5 heterocycles. The van der Waals surface area contributed by atoms with Gasteiger partial charge in [0.15, 0.2) is 5.65 Å². The second kappa shape index (κ2) is 9.68. The molecule has 0 bridgehead atoms. The molecule has 1 saturated carbocycles. The van der Waals surface area contributed by atoms with Gasteiger partial charge in [0.2, 0.25) is 5.95 Å². The summed E-state index contributed by atoms with van der Waals surface area (Å²) in [4.78, 5) is 16.0. The summed E-state index contributed by atoms with van der Waals surface area (Å²) in [6.45, 7) is 10.6. The van der Waals surface area contributed by atoms with Gasteiger partial charge in [-0.3, -0.25) is 4.90 Å². The minimum absolute atomic E-state index is 0. The molecular formula is C25H36N8O. The molecule has 0 aromatic carbocycles. The summed E-state index contributed by atoms with van der Waals surface area (Å²) in [5.41, 5.74) is 4.87. The van der Waals surface area contributed by atoms with Crippen LogP contribution < -0.4 is 5.32 Å². The molecule has 1 aliphatic heterocycles. The van der Waals surface area contributed by atoms with Gasteiger partial charge in [-0.05, 0) is 45.7 Å². The Bertz CT molecular complexity index is 1270. The fraction of sp³-hybridized carbons (Fsp3) is 0.520. The topological polar surface area (TPSA) is 85.4 Å². The standard InChI is InChI=1S/C17H19N7.C8H15NO.H2/c1-10(2)24-11(3)21-16-14(24)7-12(8-19-16)13-5-6-23-15(13)9-20-17(18-4)22-23;1-2-8(3-1)9-4-6-10-7-5-9;/h5-10H,1-4H3,(H,18,22);8H,1-7H2;1H. The van der Waals surface area contributed by atoms with E-state index in [2.05, 4.69) is 54.7 Å². The molecule has 1 saturated heterocycles. The van der Waals surface area contributed by atoms with E-state index in [0.29, 0.717) is 12.0 Å². The molecule has 2 fully saturated rings. The van der Waals surface area contributed by atoms with E-state index < -0.39 is 0 Å². The number of fused-ring (bicyclic) bond motifs is 2. The number of pyridine rings is 1. The number of morpholine rings is 1. The summed E-state index contributed by atoms with van der Waals surface area (Å²) >= 11 is 0. The Morgan fingerprint density at radius 1 is 1.12 bits per heavy atom. The van der Waals surface area contributed by atoms with Crippen LogP contribution in [-0.4, -0.2) is 73.4 Å². The minimum Gasteiger partial charge on any atom is -0.379 e. The third kappa shape index (κ3) is 4.37. The lowest BCUT2D eigenvalue weighted by molar-refractivity contribution is -0.00153. The normalized spacial score (nSPS) is 17.1. The summed E-state index contributed by atoms with van der Waals surface area (Å²) in [7, 11) is 1.80. The Morgan fingerprint density at radius 2 is 1.91 bits per heavy atom. The molecule has 0 atom stereocenters. The largest absolute Gasteiger partial charge is 0.379 e. The molecular weight excluding hydrogens is 428 g/mol. The Kier molecular flexibility index (Phi) is 6.47. The zero-order valence-corrected chi connectivity index (χ0v) is 20.5. The maximum absolute atomic E-state index is 5.28. The fourth-order valence-electron chi connectivity index (χ4n) is 4.84. The molecule has 9 nitrogen and oxygen atoms in total. The van der Waals surface area contributed by atoms with Gasteiger partial charge in [-0.15, -0.1) is 5.10 Å². The molecule has 6 rings (SSSR count). The lowest BCUT2D eigenvalue weighted by Gasteiger charge is -2.39. The number of nitrogens with one attached hydrogen (secondary N) is 1. The molecule has 9 heteroatoms. The number of ether oxygens (including phenoxy) is 1. The summed E-state index contributed by atoms with van der Waals surface area (Å²) in [6, 6.07) is 5.43. The van der Waals surface area contributed by atoms with Crippen LogP contribution in [0.15, 0.2) is 30.7 Å². The molecule has 1 N–H and O–H groups in total. The average molecular weight is 465 g/mol. The molecule has 0 unspecified atom stereocenters. The first kappa shape index (κ1) is 22.7. The van der Waals surface area contributed by atoms with Gasteiger partial charge in [-0.1, -0.05) is 6.42 Å². The van der Waals surface area contributed by atoms with Crippen LogP contribution in [0, 0.1) is 6.92 Å².